The van der Waals surface area contributed by atoms with Crippen molar-refractivity contribution in [2.75, 3.05) is 6.61 Å². The molecule has 0 saturated carbocycles. The van der Waals surface area contributed by atoms with Gasteiger partial charge in [-0.25, -0.2) is 4.39 Å². The topological polar surface area (TPSA) is 26.3 Å². The highest BCUT2D eigenvalue weighted by Crippen LogP contribution is 2.35. The molecule has 20 heavy (non-hydrogen) atoms. The fraction of sp³-hybridized carbons (Fsp3) is 0.235. The lowest BCUT2D eigenvalue weighted by atomic mass is 9.86. The number of carbonyl (C=O) groups excluding carboxylic acids is 1. The molecular weight excluding hydrogens is 255 g/mol. The molecule has 0 aromatic heterocycles. The molecule has 2 nitrogen and oxygen atoms in total. The molecule has 3 rings (SSSR count). The molecule has 0 fully saturated rings. The van der Waals surface area contributed by atoms with Gasteiger partial charge in [-0.05, 0) is 43.2 Å². The van der Waals surface area contributed by atoms with Gasteiger partial charge >= 0.3 is 0 Å². The Hall–Kier alpha value is -2.16. The van der Waals surface area contributed by atoms with E-state index in [0.717, 1.165) is 11.3 Å². The molecule has 1 heterocycles. The number of rotatable bonds is 2. The predicted molar refractivity (Wildman–Crippen MR) is 74.8 cm³/mol. The van der Waals surface area contributed by atoms with Gasteiger partial charge in [-0.1, -0.05) is 18.2 Å². The molecule has 3 heteroatoms. The average molecular weight is 270 g/mol. The Morgan fingerprint density at radius 2 is 2.05 bits per heavy atom. The number of Topliss-reactive ketones (excluding diaryl/α,β-unsaturated/α-hetero) is 1. The van der Waals surface area contributed by atoms with Gasteiger partial charge in [0.1, 0.15) is 11.6 Å². The monoisotopic (exact) mass is 270 g/mol. The molecule has 1 aliphatic heterocycles. The van der Waals surface area contributed by atoms with Gasteiger partial charge in [-0.15, -0.1) is 0 Å². The van der Waals surface area contributed by atoms with E-state index < -0.39 is 0 Å². The largest absolute Gasteiger partial charge is 0.493 e. The summed E-state index contributed by atoms with van der Waals surface area (Å²) in [5.74, 6) is 0.318. The highest BCUT2D eigenvalue weighted by atomic mass is 19.1. The number of hydrogen-bond acceptors (Lipinski definition) is 2. The van der Waals surface area contributed by atoms with Crippen LogP contribution in [0.25, 0.3) is 0 Å². The minimum absolute atomic E-state index is 0.0313. The number of carbonyl (C=O) groups is 1. The second-order valence-electron chi connectivity index (χ2n) is 5.06. The van der Waals surface area contributed by atoms with E-state index in [4.69, 9.17) is 4.74 Å². The van der Waals surface area contributed by atoms with Crippen LogP contribution in [-0.2, 0) is 0 Å². The van der Waals surface area contributed by atoms with Crippen molar-refractivity contribution in [2.45, 2.75) is 19.3 Å². The Kier molecular flexibility index (Phi) is 3.26. The first-order chi connectivity index (χ1) is 9.66. The maximum absolute atomic E-state index is 13.3. The van der Waals surface area contributed by atoms with Crippen molar-refractivity contribution in [1.29, 1.82) is 0 Å². The first-order valence-corrected chi connectivity index (χ1v) is 6.69. The molecule has 0 N–H and O–H groups in total. The van der Waals surface area contributed by atoms with Crippen LogP contribution in [0.2, 0.25) is 0 Å². The fourth-order valence-corrected chi connectivity index (χ4v) is 2.61. The smallest absolute Gasteiger partial charge is 0.170 e. The van der Waals surface area contributed by atoms with Crippen molar-refractivity contribution in [2.24, 2.45) is 0 Å². The zero-order chi connectivity index (χ0) is 14.1. The van der Waals surface area contributed by atoms with Gasteiger partial charge in [-0.3, -0.25) is 4.79 Å². The van der Waals surface area contributed by atoms with Gasteiger partial charge < -0.3 is 4.74 Å². The van der Waals surface area contributed by atoms with Gasteiger partial charge in [0.05, 0.1) is 12.5 Å². The van der Waals surface area contributed by atoms with E-state index >= 15 is 0 Å². The third-order valence-electron chi connectivity index (χ3n) is 3.72. The highest BCUT2D eigenvalue weighted by molar-refractivity contribution is 6.01. The number of para-hydroxylation sites is 1. The summed E-state index contributed by atoms with van der Waals surface area (Å²) in [6.45, 7) is 2.21. The summed E-state index contributed by atoms with van der Waals surface area (Å²) in [6.07, 6.45) is 0.659. The molecular formula is C17H15FO2. The lowest BCUT2D eigenvalue weighted by Crippen LogP contribution is -2.21. The van der Waals surface area contributed by atoms with Crippen LogP contribution in [0.5, 0.6) is 5.75 Å². The lowest BCUT2D eigenvalue weighted by Gasteiger charge is -2.25. The van der Waals surface area contributed by atoms with Crippen LogP contribution in [0, 0.1) is 12.7 Å². The SMILES string of the molecule is Cc1cc(C(=O)C2CCOc3ccccc32)ccc1F. The number of hydrogen-bond donors (Lipinski definition) is 0. The van der Waals surface area contributed by atoms with E-state index in [-0.39, 0.29) is 17.5 Å². The maximum Gasteiger partial charge on any atom is 0.170 e. The molecule has 0 spiro atoms. The minimum Gasteiger partial charge on any atom is -0.493 e. The minimum atomic E-state index is -0.283. The van der Waals surface area contributed by atoms with E-state index in [2.05, 4.69) is 0 Å². The summed E-state index contributed by atoms with van der Waals surface area (Å²) < 4.78 is 18.9. The number of ether oxygens (including phenoxy) is 1. The number of ketones is 1. The van der Waals surface area contributed by atoms with E-state index in [0.29, 0.717) is 24.2 Å². The van der Waals surface area contributed by atoms with Crippen LogP contribution in [0.4, 0.5) is 4.39 Å². The van der Waals surface area contributed by atoms with E-state index in [1.54, 1.807) is 19.1 Å². The molecule has 2 aromatic rings. The van der Waals surface area contributed by atoms with Gasteiger partial charge in [0.2, 0.25) is 0 Å². The Labute approximate surface area is 117 Å². The van der Waals surface area contributed by atoms with E-state index in [9.17, 15) is 9.18 Å². The van der Waals surface area contributed by atoms with Crippen molar-refractivity contribution in [3.05, 3.63) is 65.0 Å². The van der Waals surface area contributed by atoms with Crippen molar-refractivity contribution < 1.29 is 13.9 Å². The van der Waals surface area contributed by atoms with Crippen LogP contribution in [0.1, 0.15) is 33.8 Å². The third kappa shape index (κ3) is 2.20. The van der Waals surface area contributed by atoms with Gasteiger partial charge in [0.25, 0.3) is 0 Å². The lowest BCUT2D eigenvalue weighted by molar-refractivity contribution is 0.0933. The molecule has 1 atom stereocenters. The Morgan fingerprint density at radius 3 is 2.85 bits per heavy atom. The third-order valence-corrected chi connectivity index (χ3v) is 3.72. The molecule has 2 aromatic carbocycles. The molecule has 0 bridgehead atoms. The zero-order valence-electron chi connectivity index (χ0n) is 11.2. The first-order valence-electron chi connectivity index (χ1n) is 6.69. The van der Waals surface area contributed by atoms with Crippen molar-refractivity contribution >= 4 is 5.78 Å². The molecule has 0 aliphatic carbocycles. The number of fused-ring (bicyclic) bond motifs is 1. The fourth-order valence-electron chi connectivity index (χ4n) is 2.61. The van der Waals surface area contributed by atoms with Crippen LogP contribution >= 0.6 is 0 Å². The Bertz CT molecular complexity index is 664. The van der Waals surface area contributed by atoms with Gasteiger partial charge in [0.15, 0.2) is 5.78 Å². The molecule has 0 amide bonds. The van der Waals surface area contributed by atoms with Gasteiger partial charge in [0, 0.05) is 11.1 Å². The molecule has 0 radical (unpaired) electrons. The summed E-state index contributed by atoms with van der Waals surface area (Å²) in [7, 11) is 0. The molecule has 1 aliphatic rings. The van der Waals surface area contributed by atoms with Gasteiger partial charge in [-0.2, -0.15) is 0 Å². The maximum atomic E-state index is 13.3. The summed E-state index contributed by atoms with van der Waals surface area (Å²) in [4.78, 5) is 12.6. The van der Waals surface area contributed by atoms with Crippen LogP contribution < -0.4 is 4.74 Å². The first kappa shape index (κ1) is 12.9. The van der Waals surface area contributed by atoms with Crippen LogP contribution in [0.3, 0.4) is 0 Å². The van der Waals surface area contributed by atoms with Crippen LogP contribution in [0.15, 0.2) is 42.5 Å². The normalized spacial score (nSPS) is 17.2. The van der Waals surface area contributed by atoms with E-state index in [1.165, 1.54) is 6.07 Å². The van der Waals surface area contributed by atoms with Crippen molar-refractivity contribution in [3.63, 3.8) is 0 Å². The summed E-state index contributed by atoms with van der Waals surface area (Å²) in [5, 5.41) is 0. The molecule has 102 valence electrons. The van der Waals surface area contributed by atoms with Crippen LogP contribution in [-0.4, -0.2) is 12.4 Å². The summed E-state index contributed by atoms with van der Waals surface area (Å²) in [5.41, 5.74) is 1.98. The second-order valence-corrected chi connectivity index (χ2v) is 5.06. The summed E-state index contributed by atoms with van der Waals surface area (Å²) in [6, 6.07) is 12.1. The average Bonchev–Trinajstić information content (AvgIpc) is 2.49. The highest BCUT2D eigenvalue weighted by Gasteiger charge is 2.28. The predicted octanol–water partition coefficient (Wildman–Crippen LogP) is 3.88. The Morgan fingerprint density at radius 1 is 1.25 bits per heavy atom. The standard InChI is InChI=1S/C17H15FO2/c1-11-10-12(6-7-15(11)18)17(19)14-8-9-20-16-5-3-2-4-13(14)16/h2-7,10,14H,8-9H2,1H3. The quantitative estimate of drug-likeness (QED) is 0.774. The summed E-state index contributed by atoms with van der Waals surface area (Å²) >= 11 is 0. The zero-order valence-corrected chi connectivity index (χ0v) is 11.2. The number of aryl methyl sites for hydroxylation is 1. The van der Waals surface area contributed by atoms with Crippen molar-refractivity contribution in [1.82, 2.24) is 0 Å². The number of benzene rings is 2. The van der Waals surface area contributed by atoms with Crippen molar-refractivity contribution in [3.8, 4) is 5.75 Å². The number of halogens is 1. The second kappa shape index (κ2) is 5.08. The van der Waals surface area contributed by atoms with E-state index in [1.807, 2.05) is 24.3 Å². The molecule has 0 saturated heterocycles. The molecule has 1 unspecified atom stereocenters. The Balaban J connectivity index is 1.97.